The van der Waals surface area contributed by atoms with E-state index in [1.54, 1.807) is 0 Å². The molecule has 2 aromatic carbocycles. The van der Waals surface area contributed by atoms with Gasteiger partial charge in [0.2, 0.25) is 5.91 Å². The molecular formula is C26H30N2O2S. The number of rotatable bonds is 8. The van der Waals surface area contributed by atoms with E-state index >= 15 is 0 Å². The van der Waals surface area contributed by atoms with Crippen molar-refractivity contribution in [1.29, 1.82) is 0 Å². The second-order valence-corrected chi connectivity index (χ2v) is 9.23. The molecule has 1 amide bonds. The summed E-state index contributed by atoms with van der Waals surface area (Å²) in [6.07, 6.45) is 2.26. The summed E-state index contributed by atoms with van der Waals surface area (Å²) in [4.78, 5) is 31.1. The number of Topliss-reactive ketones (excluding diaryl/α,β-unsaturated/α-hetero) is 1. The molecule has 0 atom stereocenters. The van der Waals surface area contributed by atoms with Crippen LogP contribution < -0.4 is 5.32 Å². The third-order valence-corrected chi connectivity index (χ3v) is 6.37. The topological polar surface area (TPSA) is 59.1 Å². The van der Waals surface area contributed by atoms with Gasteiger partial charge in [-0.2, -0.15) is 0 Å². The number of ketones is 1. The van der Waals surface area contributed by atoms with Gasteiger partial charge in [0.05, 0.1) is 5.69 Å². The SMILES string of the molecule is CCCc1sc(NC(=O)CCC(=O)c2cc(C)ccc2C)nc1-c1cc(C)ccc1C. The average molecular weight is 435 g/mol. The summed E-state index contributed by atoms with van der Waals surface area (Å²) in [5, 5.41) is 3.51. The third kappa shape index (κ3) is 5.67. The van der Waals surface area contributed by atoms with E-state index in [0.717, 1.165) is 35.2 Å². The van der Waals surface area contributed by atoms with E-state index in [1.165, 1.54) is 27.3 Å². The van der Waals surface area contributed by atoms with Gasteiger partial charge in [0, 0.05) is 28.8 Å². The fourth-order valence-corrected chi connectivity index (χ4v) is 4.68. The van der Waals surface area contributed by atoms with Crippen LogP contribution >= 0.6 is 11.3 Å². The quantitative estimate of drug-likeness (QED) is 0.406. The molecule has 0 fully saturated rings. The zero-order valence-electron chi connectivity index (χ0n) is 19.0. The number of aromatic nitrogens is 1. The Morgan fingerprint density at radius 2 is 1.61 bits per heavy atom. The van der Waals surface area contributed by atoms with Crippen molar-refractivity contribution < 1.29 is 9.59 Å². The molecule has 0 bridgehead atoms. The first-order chi connectivity index (χ1) is 14.8. The highest BCUT2D eigenvalue weighted by atomic mass is 32.1. The van der Waals surface area contributed by atoms with E-state index < -0.39 is 0 Å². The van der Waals surface area contributed by atoms with Crippen LogP contribution in [0, 0.1) is 27.7 Å². The number of carbonyl (C=O) groups is 2. The van der Waals surface area contributed by atoms with Crippen molar-refractivity contribution in [3.8, 4) is 11.3 Å². The van der Waals surface area contributed by atoms with Crippen LogP contribution in [0.4, 0.5) is 5.13 Å². The van der Waals surface area contributed by atoms with Gasteiger partial charge in [0.25, 0.3) is 0 Å². The molecule has 3 rings (SSSR count). The monoisotopic (exact) mass is 434 g/mol. The Morgan fingerprint density at radius 3 is 2.32 bits per heavy atom. The van der Waals surface area contributed by atoms with Crippen molar-refractivity contribution >= 4 is 28.2 Å². The normalized spacial score (nSPS) is 10.9. The van der Waals surface area contributed by atoms with E-state index in [4.69, 9.17) is 4.98 Å². The minimum Gasteiger partial charge on any atom is -0.302 e. The lowest BCUT2D eigenvalue weighted by Gasteiger charge is -2.07. The molecule has 5 heteroatoms. The summed E-state index contributed by atoms with van der Waals surface area (Å²) >= 11 is 1.53. The molecule has 0 unspecified atom stereocenters. The summed E-state index contributed by atoms with van der Waals surface area (Å²) in [5.74, 6) is -0.179. The lowest BCUT2D eigenvalue weighted by Crippen LogP contribution is -2.14. The number of nitrogens with one attached hydrogen (secondary N) is 1. The third-order valence-electron chi connectivity index (χ3n) is 5.34. The Bertz CT molecular complexity index is 1110. The number of carbonyl (C=O) groups excluding carboxylic acids is 2. The van der Waals surface area contributed by atoms with Crippen LogP contribution in [0.5, 0.6) is 0 Å². The Kier molecular flexibility index (Phi) is 7.39. The lowest BCUT2D eigenvalue weighted by molar-refractivity contribution is -0.116. The van der Waals surface area contributed by atoms with E-state index in [0.29, 0.717) is 10.7 Å². The molecule has 0 aliphatic rings. The van der Waals surface area contributed by atoms with Gasteiger partial charge in [0.15, 0.2) is 10.9 Å². The highest BCUT2D eigenvalue weighted by Gasteiger charge is 2.17. The molecule has 0 saturated carbocycles. The first kappa shape index (κ1) is 22.9. The maximum Gasteiger partial charge on any atom is 0.226 e. The maximum atomic E-state index is 12.6. The molecule has 0 aliphatic carbocycles. The van der Waals surface area contributed by atoms with Gasteiger partial charge in [0.1, 0.15) is 0 Å². The van der Waals surface area contributed by atoms with Crippen molar-refractivity contribution in [3.05, 3.63) is 69.1 Å². The highest BCUT2D eigenvalue weighted by molar-refractivity contribution is 7.16. The predicted molar refractivity (Wildman–Crippen MR) is 129 cm³/mol. The number of hydrogen-bond donors (Lipinski definition) is 1. The predicted octanol–water partition coefficient (Wildman–Crippen LogP) is 6.60. The molecule has 162 valence electrons. The van der Waals surface area contributed by atoms with E-state index in [-0.39, 0.29) is 24.5 Å². The number of thiazole rings is 1. The van der Waals surface area contributed by atoms with Crippen molar-refractivity contribution in [2.24, 2.45) is 0 Å². The van der Waals surface area contributed by atoms with Crippen LogP contribution in [0.3, 0.4) is 0 Å². The molecule has 0 spiro atoms. The van der Waals surface area contributed by atoms with Gasteiger partial charge >= 0.3 is 0 Å². The van der Waals surface area contributed by atoms with E-state index in [2.05, 4.69) is 44.3 Å². The first-order valence-corrected chi connectivity index (χ1v) is 11.6. The Morgan fingerprint density at radius 1 is 0.935 bits per heavy atom. The Balaban J connectivity index is 1.72. The van der Waals surface area contributed by atoms with Gasteiger partial charge in [-0.25, -0.2) is 4.98 Å². The summed E-state index contributed by atoms with van der Waals surface area (Å²) in [7, 11) is 0. The van der Waals surface area contributed by atoms with Gasteiger partial charge in [-0.05, 0) is 57.4 Å². The van der Waals surface area contributed by atoms with Gasteiger partial charge in [-0.15, -0.1) is 11.3 Å². The lowest BCUT2D eigenvalue weighted by atomic mass is 9.99. The van der Waals surface area contributed by atoms with Crippen molar-refractivity contribution in [3.63, 3.8) is 0 Å². The Hall–Kier alpha value is -2.79. The van der Waals surface area contributed by atoms with Crippen LogP contribution in [-0.2, 0) is 11.2 Å². The maximum absolute atomic E-state index is 12.6. The van der Waals surface area contributed by atoms with Crippen LogP contribution in [0.2, 0.25) is 0 Å². The van der Waals surface area contributed by atoms with Crippen LogP contribution in [0.15, 0.2) is 36.4 Å². The Labute approximate surface area is 188 Å². The molecule has 0 aliphatic heterocycles. The van der Waals surface area contributed by atoms with Crippen molar-refractivity contribution in [2.45, 2.75) is 60.3 Å². The molecular weight excluding hydrogens is 404 g/mol. The molecule has 1 aromatic heterocycles. The molecule has 4 nitrogen and oxygen atoms in total. The van der Waals surface area contributed by atoms with Crippen LogP contribution in [-0.4, -0.2) is 16.7 Å². The summed E-state index contributed by atoms with van der Waals surface area (Å²) in [5.41, 5.74) is 7.11. The van der Waals surface area contributed by atoms with Gasteiger partial charge < -0.3 is 5.32 Å². The van der Waals surface area contributed by atoms with Crippen molar-refractivity contribution in [1.82, 2.24) is 4.98 Å². The van der Waals surface area contributed by atoms with E-state index in [1.807, 2.05) is 32.0 Å². The minimum absolute atomic E-state index is 0.00163. The smallest absolute Gasteiger partial charge is 0.226 e. The minimum atomic E-state index is -0.178. The fraction of sp³-hybridized carbons (Fsp3) is 0.346. The number of benzene rings is 2. The van der Waals surface area contributed by atoms with Crippen molar-refractivity contribution in [2.75, 3.05) is 5.32 Å². The fourth-order valence-electron chi connectivity index (χ4n) is 3.58. The molecule has 31 heavy (non-hydrogen) atoms. The largest absolute Gasteiger partial charge is 0.302 e. The first-order valence-electron chi connectivity index (χ1n) is 10.8. The molecule has 0 saturated heterocycles. The zero-order chi connectivity index (χ0) is 22.5. The number of hydrogen-bond acceptors (Lipinski definition) is 4. The second kappa shape index (κ2) is 10.0. The molecule has 3 aromatic rings. The second-order valence-electron chi connectivity index (χ2n) is 8.15. The van der Waals surface area contributed by atoms with Crippen LogP contribution in [0.25, 0.3) is 11.3 Å². The summed E-state index contributed by atoms with van der Waals surface area (Å²) in [6.45, 7) is 10.2. The molecule has 1 N–H and O–H groups in total. The number of aryl methyl sites for hydroxylation is 5. The molecule has 0 radical (unpaired) electrons. The molecule has 1 heterocycles. The van der Waals surface area contributed by atoms with Gasteiger partial charge in [-0.3, -0.25) is 9.59 Å². The van der Waals surface area contributed by atoms with E-state index in [9.17, 15) is 9.59 Å². The number of amides is 1. The number of anilines is 1. The zero-order valence-corrected chi connectivity index (χ0v) is 19.8. The summed E-state index contributed by atoms with van der Waals surface area (Å²) < 4.78 is 0. The summed E-state index contributed by atoms with van der Waals surface area (Å²) in [6, 6.07) is 12.2. The highest BCUT2D eigenvalue weighted by Crippen LogP contribution is 2.34. The van der Waals surface area contributed by atoms with Gasteiger partial charge in [-0.1, -0.05) is 48.7 Å². The number of nitrogens with zero attached hydrogens (tertiary/aromatic N) is 1. The van der Waals surface area contributed by atoms with Crippen LogP contribution in [0.1, 0.15) is 63.7 Å². The standard InChI is InChI=1S/C26H30N2O2S/c1-6-7-23-25(21-15-17(3)9-11-19(21)5)28-26(31-23)27-24(30)13-12-22(29)20-14-16(2)8-10-18(20)4/h8-11,14-15H,6-7,12-13H2,1-5H3,(H,27,28,30). The average Bonchev–Trinajstić information content (AvgIpc) is 3.12.